The summed E-state index contributed by atoms with van der Waals surface area (Å²) in [5.41, 5.74) is 0.325. The summed E-state index contributed by atoms with van der Waals surface area (Å²) in [6, 6.07) is 5.75. The number of methoxy groups -OCH3 is 1. The van der Waals surface area contributed by atoms with Gasteiger partial charge < -0.3 is 19.5 Å². The first kappa shape index (κ1) is 10.8. The third-order valence-corrected chi connectivity index (χ3v) is 4.36. The Hall–Kier alpha value is -2.68. The lowest BCUT2D eigenvalue weighted by atomic mass is 10.2. The summed E-state index contributed by atoms with van der Waals surface area (Å²) in [6.45, 7) is -14.5. The Labute approximate surface area is 203 Å². The summed E-state index contributed by atoms with van der Waals surface area (Å²) >= 11 is 5.85. The normalized spacial score (nSPS) is 25.8. The van der Waals surface area contributed by atoms with Gasteiger partial charge in [0.15, 0.2) is 11.5 Å². The molecular formula is C22H24ClFN4O3. The minimum absolute atomic E-state index is 0.0274. The van der Waals surface area contributed by atoms with Gasteiger partial charge in [0.2, 0.25) is 0 Å². The van der Waals surface area contributed by atoms with Crippen molar-refractivity contribution in [3.63, 3.8) is 0 Å². The number of anilines is 2. The average molecular weight is 460 g/mol. The summed E-state index contributed by atoms with van der Waals surface area (Å²) < 4.78 is 133. The zero-order valence-electron chi connectivity index (χ0n) is 28.7. The number of nitrogens with one attached hydrogen (secondary N) is 1. The number of ether oxygens (including phenoxy) is 3. The standard InChI is InChI=1S/C22H24ClFN4O3/c1-29-20-13-19-16(12-21(20)31-8-2-5-28-6-9-30-10-7-28)22(26-14-25-19)27-15-3-4-18(24)17(23)11-15/h3-4,11-14H,2,5-10H2,1H3,(H,25,26,27)/i1D3,2D2,5D2,8D2,9D2,10D2. The molecule has 2 heterocycles. The molecule has 0 saturated carbocycles. The fraction of sp³-hybridized carbons (Fsp3) is 0.364. The molecule has 4 rings (SSSR count). The number of rotatable bonds is 8. The summed E-state index contributed by atoms with van der Waals surface area (Å²) in [6.07, 6.45) is -2.57. The van der Waals surface area contributed by atoms with Crippen LogP contribution in [0.3, 0.4) is 0 Å². The van der Waals surface area contributed by atoms with Crippen molar-refractivity contribution in [3.05, 3.63) is 47.5 Å². The Morgan fingerprint density at radius 3 is 2.97 bits per heavy atom. The van der Waals surface area contributed by atoms with E-state index in [0.29, 0.717) is 4.90 Å². The van der Waals surface area contributed by atoms with Crippen molar-refractivity contribution in [2.45, 2.75) is 6.37 Å². The number of nitrogens with zero attached hydrogens (tertiary/aromatic N) is 3. The molecular weight excluding hydrogens is 423 g/mol. The number of halogens is 2. The number of hydrogen-bond acceptors (Lipinski definition) is 7. The fourth-order valence-electron chi connectivity index (χ4n) is 2.62. The minimum atomic E-state index is -3.67. The highest BCUT2D eigenvalue weighted by Crippen LogP contribution is 2.35. The van der Waals surface area contributed by atoms with Gasteiger partial charge in [-0.25, -0.2) is 14.4 Å². The van der Waals surface area contributed by atoms with E-state index in [-0.39, 0.29) is 27.4 Å². The first-order chi connectivity index (χ1) is 19.9. The molecule has 1 N–H and O–H groups in total. The molecule has 0 amide bonds. The average Bonchev–Trinajstić information content (AvgIpc) is 2.84. The lowest BCUT2D eigenvalue weighted by Crippen LogP contribution is -2.37. The molecule has 1 aromatic heterocycles. The highest BCUT2D eigenvalue weighted by Gasteiger charge is 2.14. The van der Waals surface area contributed by atoms with Crippen molar-refractivity contribution >= 4 is 34.0 Å². The van der Waals surface area contributed by atoms with Gasteiger partial charge in [0.1, 0.15) is 18.0 Å². The quantitative estimate of drug-likeness (QED) is 0.539. The minimum Gasteiger partial charge on any atom is -0.493 e. The van der Waals surface area contributed by atoms with Crippen LogP contribution in [0.4, 0.5) is 15.9 Å². The van der Waals surface area contributed by atoms with Crippen molar-refractivity contribution in [1.82, 2.24) is 14.9 Å². The molecule has 9 heteroatoms. The smallest absolute Gasteiger partial charge is 0.162 e. The molecule has 7 nitrogen and oxygen atoms in total. The Balaban J connectivity index is 1.77. The topological polar surface area (TPSA) is 68.7 Å². The lowest BCUT2D eigenvalue weighted by molar-refractivity contribution is 0.0357. The molecule has 0 aliphatic carbocycles. The van der Waals surface area contributed by atoms with Crippen molar-refractivity contribution in [2.75, 3.05) is 51.6 Å². The third kappa shape index (κ3) is 5.33. The summed E-state index contributed by atoms with van der Waals surface area (Å²) in [5, 5.41) is 2.71. The first-order valence-electron chi connectivity index (χ1n) is 15.3. The first-order valence-corrected chi connectivity index (χ1v) is 9.15. The molecule has 1 saturated heterocycles. The molecule has 0 radical (unpaired) electrons. The molecule has 31 heavy (non-hydrogen) atoms. The van der Waals surface area contributed by atoms with Gasteiger partial charge in [-0.1, -0.05) is 11.6 Å². The van der Waals surface area contributed by atoms with E-state index < -0.39 is 70.0 Å². The predicted octanol–water partition coefficient (Wildman–Crippen LogP) is 4.28. The molecule has 1 aliphatic rings. The second-order valence-electron chi connectivity index (χ2n) is 6.08. The highest BCUT2D eigenvalue weighted by molar-refractivity contribution is 6.31. The molecule has 164 valence electrons. The van der Waals surface area contributed by atoms with E-state index in [9.17, 15) is 4.39 Å². The fourth-order valence-corrected chi connectivity index (χ4v) is 2.80. The van der Waals surface area contributed by atoms with E-state index in [4.69, 9.17) is 38.9 Å². The maximum Gasteiger partial charge on any atom is 0.162 e. The molecule has 1 aliphatic heterocycles. The van der Waals surface area contributed by atoms with Crippen LogP contribution in [0, 0.1) is 5.82 Å². The van der Waals surface area contributed by atoms with Crippen molar-refractivity contribution in [2.24, 2.45) is 0 Å². The highest BCUT2D eigenvalue weighted by atomic mass is 35.5. The zero-order chi connectivity index (χ0) is 33.1. The van der Waals surface area contributed by atoms with Crippen molar-refractivity contribution in [1.29, 1.82) is 0 Å². The lowest BCUT2D eigenvalue weighted by Gasteiger charge is -2.26. The van der Waals surface area contributed by atoms with Gasteiger partial charge in [-0.2, -0.15) is 0 Å². The van der Waals surface area contributed by atoms with Crippen LogP contribution in [0.2, 0.25) is 5.02 Å². The zero-order valence-corrected chi connectivity index (χ0v) is 16.5. The van der Waals surface area contributed by atoms with Crippen LogP contribution in [0.1, 0.15) is 24.2 Å². The van der Waals surface area contributed by atoms with Crippen LogP contribution < -0.4 is 14.8 Å². The third-order valence-electron chi connectivity index (χ3n) is 4.07. The summed E-state index contributed by atoms with van der Waals surface area (Å²) in [7, 11) is -3.10. The largest absolute Gasteiger partial charge is 0.493 e. The van der Waals surface area contributed by atoms with Crippen LogP contribution in [0.5, 0.6) is 11.5 Å². The van der Waals surface area contributed by atoms with Gasteiger partial charge in [-0.3, -0.25) is 4.90 Å². The van der Waals surface area contributed by atoms with E-state index in [0.717, 1.165) is 24.5 Å². The van der Waals surface area contributed by atoms with Gasteiger partial charge in [-0.15, -0.1) is 0 Å². The van der Waals surface area contributed by atoms with Crippen LogP contribution in [0.15, 0.2) is 36.7 Å². The maximum atomic E-state index is 13.7. The van der Waals surface area contributed by atoms with Crippen molar-refractivity contribution < 1.29 is 36.4 Å². The molecule has 0 bridgehead atoms. The number of benzene rings is 2. The maximum absolute atomic E-state index is 13.7. The van der Waals surface area contributed by atoms with Gasteiger partial charge in [0, 0.05) is 42.2 Å². The molecule has 0 spiro atoms. The Kier molecular flexibility index (Phi) is 3.50. The second kappa shape index (κ2) is 10.1. The molecule has 2 aromatic carbocycles. The van der Waals surface area contributed by atoms with E-state index >= 15 is 0 Å². The monoisotopic (exact) mass is 459 g/mol. The Bertz CT molecular complexity index is 1550. The van der Waals surface area contributed by atoms with Crippen LogP contribution in [0.25, 0.3) is 10.9 Å². The molecule has 3 aromatic rings. The Morgan fingerprint density at radius 2 is 2.16 bits per heavy atom. The predicted molar refractivity (Wildman–Crippen MR) is 118 cm³/mol. The SMILES string of the molecule is [2H]C([2H])([2H])Oc1cc2ncnc(Nc3ccc(F)c(Cl)c3)c2cc1OC([2H])([2H])C([2H])([2H])C([2H])([2H])N1CC([2H])([2H])OC([2H])([2H])C1. The van der Waals surface area contributed by atoms with E-state index in [1.54, 1.807) is 0 Å². The van der Waals surface area contributed by atoms with Crippen molar-refractivity contribution in [3.8, 4) is 11.5 Å². The van der Waals surface area contributed by atoms with E-state index in [2.05, 4.69) is 20.0 Å². The number of fused-ring (bicyclic) bond motifs is 1. The molecule has 0 unspecified atom stereocenters. The number of hydrogen-bond donors (Lipinski definition) is 1. The van der Waals surface area contributed by atoms with Gasteiger partial charge in [0.25, 0.3) is 0 Å². The summed E-state index contributed by atoms with van der Waals surface area (Å²) in [5.74, 6) is -1.99. The molecule has 1 fully saturated rings. The van der Waals surface area contributed by atoms with E-state index in [1.165, 1.54) is 12.1 Å². The van der Waals surface area contributed by atoms with Crippen LogP contribution >= 0.6 is 11.6 Å². The van der Waals surface area contributed by atoms with Gasteiger partial charge in [0.05, 0.1) is 49.6 Å². The Morgan fingerprint density at radius 1 is 1.29 bits per heavy atom. The number of morpholine rings is 1. The summed E-state index contributed by atoms with van der Waals surface area (Å²) in [4.78, 5) is 8.55. The van der Waals surface area contributed by atoms with Crippen LogP contribution in [-0.4, -0.2) is 61.2 Å². The van der Waals surface area contributed by atoms with Gasteiger partial charge >= 0.3 is 0 Å². The number of aromatic nitrogens is 2. The van der Waals surface area contributed by atoms with E-state index in [1.807, 2.05) is 0 Å². The van der Waals surface area contributed by atoms with Gasteiger partial charge in [-0.05, 0) is 30.6 Å². The van der Waals surface area contributed by atoms with Crippen LogP contribution in [-0.2, 0) is 4.74 Å². The second-order valence-corrected chi connectivity index (χ2v) is 6.49. The molecule has 0 atom stereocenters.